The number of sulfone groups is 1. The fourth-order valence-electron chi connectivity index (χ4n) is 2.90. The molecule has 1 amide bonds. The molecule has 0 saturated heterocycles. The number of nitrogens with two attached hydrogens (primary N) is 1. The summed E-state index contributed by atoms with van der Waals surface area (Å²) >= 11 is 0.638. The first-order valence-electron chi connectivity index (χ1n) is 8.77. The van der Waals surface area contributed by atoms with Gasteiger partial charge in [-0.1, -0.05) is 20.3 Å². The van der Waals surface area contributed by atoms with Gasteiger partial charge in [-0.15, -0.1) is 11.3 Å². The Morgan fingerprint density at radius 1 is 1.44 bits per heavy atom. The molecule has 0 aromatic carbocycles. The Hall–Kier alpha value is -1.17. The van der Waals surface area contributed by atoms with Crippen LogP contribution in [0.5, 0.6) is 0 Å². The van der Waals surface area contributed by atoms with E-state index in [0.717, 1.165) is 6.42 Å². The number of amides is 1. The molecule has 1 aliphatic rings. The number of rotatable bonds is 6. The van der Waals surface area contributed by atoms with E-state index in [0.29, 0.717) is 23.4 Å². The summed E-state index contributed by atoms with van der Waals surface area (Å²) in [4.78, 5) is 14.0. The highest BCUT2D eigenvalue weighted by Gasteiger charge is 2.42. The molecule has 1 aromatic rings. The van der Waals surface area contributed by atoms with E-state index in [1.807, 2.05) is 13.8 Å². The van der Waals surface area contributed by atoms with Crippen molar-refractivity contribution in [3.63, 3.8) is 0 Å². The summed E-state index contributed by atoms with van der Waals surface area (Å²) in [5.41, 5.74) is 0.296. The van der Waals surface area contributed by atoms with Crippen LogP contribution in [0.15, 0.2) is 14.5 Å². The van der Waals surface area contributed by atoms with Gasteiger partial charge in [0.05, 0.1) is 17.9 Å². The monoisotopic (exact) mass is 438 g/mol. The lowest BCUT2D eigenvalue weighted by Crippen LogP contribution is -2.40. The van der Waals surface area contributed by atoms with Gasteiger partial charge in [-0.25, -0.2) is 26.8 Å². The summed E-state index contributed by atoms with van der Waals surface area (Å²) in [5.74, 6) is 0.212. The Morgan fingerprint density at radius 3 is 2.59 bits per heavy atom. The van der Waals surface area contributed by atoms with E-state index in [9.17, 15) is 21.6 Å². The van der Waals surface area contributed by atoms with Gasteiger partial charge in [0.25, 0.3) is 0 Å². The molecule has 3 atom stereocenters. The van der Waals surface area contributed by atoms with Crippen LogP contribution < -0.4 is 5.14 Å². The molecule has 2 unspecified atom stereocenters. The van der Waals surface area contributed by atoms with Crippen LogP contribution >= 0.6 is 11.3 Å². The first kappa shape index (κ1) is 22.1. The number of nitrogens with zero attached hydrogens (tertiary/aromatic N) is 1. The molecular formula is C16H26N2O6S3. The second-order valence-corrected chi connectivity index (χ2v) is 12.2. The molecule has 0 aliphatic carbocycles. The van der Waals surface area contributed by atoms with Crippen LogP contribution in [-0.2, 0) is 24.6 Å². The van der Waals surface area contributed by atoms with Crippen molar-refractivity contribution >= 4 is 37.3 Å². The molecule has 0 spiro atoms. The van der Waals surface area contributed by atoms with Crippen LogP contribution in [0.2, 0.25) is 0 Å². The number of ether oxygens (including phenoxy) is 1. The average Bonchev–Trinajstić information content (AvgIpc) is 3.04. The lowest BCUT2D eigenvalue weighted by molar-refractivity contribution is 0.0739. The van der Waals surface area contributed by atoms with E-state index in [1.165, 1.54) is 11.0 Å². The molecule has 8 nitrogen and oxygen atoms in total. The largest absolute Gasteiger partial charge is 0.449 e. The Bertz CT molecular complexity index is 907. The summed E-state index contributed by atoms with van der Waals surface area (Å²) < 4.78 is 53.9. The normalized spacial score (nSPS) is 22.7. The molecule has 2 N–H and O–H groups in total. The van der Waals surface area contributed by atoms with Gasteiger partial charge >= 0.3 is 6.09 Å². The Labute approximate surface area is 164 Å². The SMILES string of the molecule is CCC(C)COC(=O)N(CC)[C@H]1CC(C)S(=O)(=O)c2sc(S(N)(=O)=O)cc21. The lowest BCUT2D eigenvalue weighted by atomic mass is 10.0. The molecule has 0 bridgehead atoms. The molecule has 0 fully saturated rings. The summed E-state index contributed by atoms with van der Waals surface area (Å²) in [6, 6.07) is 0.688. The van der Waals surface area contributed by atoms with Gasteiger partial charge in [0.1, 0.15) is 8.42 Å². The van der Waals surface area contributed by atoms with Gasteiger partial charge in [0.2, 0.25) is 10.0 Å². The first-order chi connectivity index (χ1) is 12.4. The minimum absolute atomic E-state index is 0.0385. The molecular weight excluding hydrogens is 412 g/mol. The summed E-state index contributed by atoms with van der Waals surface area (Å²) in [6.45, 7) is 7.86. The maximum absolute atomic E-state index is 12.7. The quantitative estimate of drug-likeness (QED) is 0.728. The fourth-order valence-corrected chi connectivity index (χ4v) is 7.29. The number of hydrogen-bond donors (Lipinski definition) is 1. The highest BCUT2D eigenvalue weighted by molar-refractivity contribution is 7.95. The fraction of sp³-hybridized carbons (Fsp3) is 0.688. The number of hydrogen-bond acceptors (Lipinski definition) is 7. The van der Waals surface area contributed by atoms with E-state index in [4.69, 9.17) is 9.88 Å². The summed E-state index contributed by atoms with van der Waals surface area (Å²) in [5, 5.41) is 4.43. The highest BCUT2D eigenvalue weighted by atomic mass is 32.3. The van der Waals surface area contributed by atoms with Crippen molar-refractivity contribution < 1.29 is 26.4 Å². The number of sulfonamides is 1. The van der Waals surface area contributed by atoms with E-state index >= 15 is 0 Å². The standard InChI is InChI=1S/C16H26N2O6S3/c1-5-10(3)9-24-16(19)18(6-2)13-7-11(4)26(20,21)15-12(13)8-14(25-15)27(17,22)23/h8,10-11,13H,5-7,9H2,1-4H3,(H2,17,22,23)/t10?,11?,13-/m0/s1. The van der Waals surface area contributed by atoms with Crippen molar-refractivity contribution in [2.45, 2.75) is 60.2 Å². The van der Waals surface area contributed by atoms with E-state index in [-0.39, 0.29) is 27.4 Å². The van der Waals surface area contributed by atoms with Crippen LogP contribution in [0.25, 0.3) is 0 Å². The van der Waals surface area contributed by atoms with Crippen LogP contribution in [0, 0.1) is 5.92 Å². The molecule has 27 heavy (non-hydrogen) atoms. The van der Waals surface area contributed by atoms with Crippen molar-refractivity contribution in [1.82, 2.24) is 4.90 Å². The Kier molecular flexibility index (Phi) is 6.60. The van der Waals surface area contributed by atoms with Gasteiger partial charge in [0.15, 0.2) is 9.84 Å². The predicted molar refractivity (Wildman–Crippen MR) is 103 cm³/mol. The second kappa shape index (κ2) is 8.06. The van der Waals surface area contributed by atoms with E-state index in [1.54, 1.807) is 13.8 Å². The van der Waals surface area contributed by atoms with E-state index < -0.39 is 37.2 Å². The minimum Gasteiger partial charge on any atom is -0.449 e. The van der Waals surface area contributed by atoms with Crippen molar-refractivity contribution in [2.24, 2.45) is 11.1 Å². The molecule has 1 aromatic heterocycles. The van der Waals surface area contributed by atoms with Crippen LogP contribution in [0.3, 0.4) is 0 Å². The average molecular weight is 439 g/mol. The van der Waals surface area contributed by atoms with Crippen molar-refractivity contribution in [3.8, 4) is 0 Å². The molecule has 11 heteroatoms. The molecule has 154 valence electrons. The van der Waals surface area contributed by atoms with Gasteiger partial charge in [-0.3, -0.25) is 0 Å². The summed E-state index contributed by atoms with van der Waals surface area (Å²) in [7, 11) is -7.72. The maximum Gasteiger partial charge on any atom is 0.410 e. The molecule has 0 saturated carbocycles. The zero-order valence-corrected chi connectivity index (χ0v) is 18.3. The Morgan fingerprint density at radius 2 is 2.07 bits per heavy atom. The number of thiophene rings is 1. The molecule has 1 aliphatic heterocycles. The van der Waals surface area contributed by atoms with Gasteiger partial charge in [-0.2, -0.15) is 0 Å². The van der Waals surface area contributed by atoms with E-state index in [2.05, 4.69) is 0 Å². The lowest BCUT2D eigenvalue weighted by Gasteiger charge is -2.35. The number of primary sulfonamides is 1. The van der Waals surface area contributed by atoms with Gasteiger partial charge < -0.3 is 9.64 Å². The molecule has 2 rings (SSSR count). The third-order valence-electron chi connectivity index (χ3n) is 4.82. The smallest absolute Gasteiger partial charge is 0.410 e. The highest BCUT2D eigenvalue weighted by Crippen LogP contribution is 2.45. The molecule has 2 heterocycles. The predicted octanol–water partition coefficient (Wildman–Crippen LogP) is 2.51. The number of carbonyl (C=O) groups excluding carboxylic acids is 1. The third kappa shape index (κ3) is 4.47. The van der Waals surface area contributed by atoms with Crippen molar-refractivity contribution in [2.75, 3.05) is 13.2 Å². The first-order valence-corrected chi connectivity index (χ1v) is 12.7. The summed E-state index contributed by atoms with van der Waals surface area (Å²) in [6.07, 6.45) is 0.496. The Balaban J connectivity index is 2.45. The second-order valence-electron chi connectivity index (χ2n) is 6.84. The topological polar surface area (TPSA) is 124 Å². The van der Waals surface area contributed by atoms with Crippen LogP contribution in [-0.4, -0.2) is 46.2 Å². The zero-order chi connectivity index (χ0) is 20.6. The third-order valence-corrected chi connectivity index (χ3v) is 10.1. The van der Waals surface area contributed by atoms with Crippen LogP contribution in [0.4, 0.5) is 4.79 Å². The van der Waals surface area contributed by atoms with Crippen molar-refractivity contribution in [1.29, 1.82) is 0 Å². The van der Waals surface area contributed by atoms with Crippen molar-refractivity contribution in [3.05, 3.63) is 11.6 Å². The van der Waals surface area contributed by atoms with Gasteiger partial charge in [0, 0.05) is 12.1 Å². The number of carbonyl (C=O) groups is 1. The molecule has 0 radical (unpaired) electrons. The maximum atomic E-state index is 12.7. The number of fused-ring (bicyclic) bond motifs is 1. The van der Waals surface area contributed by atoms with Gasteiger partial charge in [-0.05, 0) is 32.3 Å². The van der Waals surface area contributed by atoms with Crippen LogP contribution in [0.1, 0.15) is 52.1 Å². The zero-order valence-electron chi connectivity index (χ0n) is 15.8. The minimum atomic E-state index is -4.05.